The zero-order valence-corrected chi connectivity index (χ0v) is 13.3. The normalized spacial score (nSPS) is 10.2. The molecule has 0 bridgehead atoms. The Balaban J connectivity index is 2.04. The van der Waals surface area contributed by atoms with Gasteiger partial charge in [0.25, 0.3) is 0 Å². The molecule has 0 aromatic heterocycles. The van der Waals surface area contributed by atoms with Crippen molar-refractivity contribution in [3.8, 4) is 0 Å². The highest BCUT2D eigenvalue weighted by Crippen LogP contribution is 2.21. The lowest BCUT2D eigenvalue weighted by Crippen LogP contribution is -2.07. The lowest BCUT2D eigenvalue weighted by molar-refractivity contribution is 0.0526. The Morgan fingerprint density at radius 3 is 2.57 bits per heavy atom. The molecule has 4 nitrogen and oxygen atoms in total. The second-order valence-electron chi connectivity index (χ2n) is 4.50. The number of anilines is 2. The summed E-state index contributed by atoms with van der Waals surface area (Å²) in [4.78, 5) is 11.6. The molecule has 0 amide bonds. The van der Waals surface area contributed by atoms with Crippen LogP contribution in [0.1, 0.15) is 22.8 Å². The van der Waals surface area contributed by atoms with E-state index < -0.39 is 0 Å². The summed E-state index contributed by atoms with van der Waals surface area (Å²) in [5, 5.41) is 3.25. The minimum Gasteiger partial charge on any atom is -0.462 e. The maximum Gasteiger partial charge on any atom is 0.338 e. The van der Waals surface area contributed by atoms with E-state index in [0.29, 0.717) is 24.4 Å². The van der Waals surface area contributed by atoms with Crippen molar-refractivity contribution in [2.75, 3.05) is 17.7 Å². The SMILES string of the molecule is CCOC(=O)c1ccc(NCc2ccc(Br)cc2)c(N)c1. The van der Waals surface area contributed by atoms with Crippen molar-refractivity contribution in [2.45, 2.75) is 13.5 Å². The number of nitrogen functional groups attached to an aromatic ring is 1. The summed E-state index contributed by atoms with van der Waals surface area (Å²) in [6.45, 7) is 2.79. The first kappa shape index (κ1) is 15.4. The van der Waals surface area contributed by atoms with Crippen molar-refractivity contribution >= 4 is 33.3 Å². The zero-order chi connectivity index (χ0) is 15.2. The number of benzene rings is 2. The molecule has 0 aliphatic heterocycles. The van der Waals surface area contributed by atoms with E-state index in [9.17, 15) is 4.79 Å². The Labute approximate surface area is 132 Å². The van der Waals surface area contributed by atoms with Crippen LogP contribution in [-0.2, 0) is 11.3 Å². The summed E-state index contributed by atoms with van der Waals surface area (Å²) >= 11 is 3.40. The van der Waals surface area contributed by atoms with Crippen LogP contribution in [0.5, 0.6) is 0 Å². The molecule has 0 spiro atoms. The fraction of sp³-hybridized carbons (Fsp3) is 0.188. The maximum atomic E-state index is 11.6. The number of nitrogens with two attached hydrogens (primary N) is 1. The molecule has 21 heavy (non-hydrogen) atoms. The van der Waals surface area contributed by atoms with Crippen molar-refractivity contribution in [2.24, 2.45) is 0 Å². The molecule has 0 saturated carbocycles. The molecule has 2 rings (SSSR count). The van der Waals surface area contributed by atoms with Gasteiger partial charge < -0.3 is 15.8 Å². The van der Waals surface area contributed by atoms with Gasteiger partial charge in [-0.25, -0.2) is 4.79 Å². The smallest absolute Gasteiger partial charge is 0.338 e. The molecule has 0 unspecified atom stereocenters. The summed E-state index contributed by atoms with van der Waals surface area (Å²) in [5.74, 6) is -0.358. The number of nitrogens with one attached hydrogen (secondary N) is 1. The van der Waals surface area contributed by atoms with Crippen molar-refractivity contribution in [3.63, 3.8) is 0 Å². The fourth-order valence-corrected chi connectivity index (χ4v) is 2.13. The molecule has 5 heteroatoms. The van der Waals surface area contributed by atoms with Crippen LogP contribution in [0.4, 0.5) is 11.4 Å². The third kappa shape index (κ3) is 4.23. The Morgan fingerprint density at radius 2 is 1.95 bits per heavy atom. The molecular formula is C16H17BrN2O2. The molecular weight excluding hydrogens is 332 g/mol. The van der Waals surface area contributed by atoms with E-state index in [1.807, 2.05) is 24.3 Å². The first-order valence-electron chi connectivity index (χ1n) is 6.65. The van der Waals surface area contributed by atoms with Crippen LogP contribution in [0.3, 0.4) is 0 Å². The first-order valence-corrected chi connectivity index (χ1v) is 7.44. The van der Waals surface area contributed by atoms with E-state index in [4.69, 9.17) is 10.5 Å². The quantitative estimate of drug-likeness (QED) is 0.636. The summed E-state index contributed by atoms with van der Waals surface area (Å²) in [5.41, 5.74) is 8.90. The van der Waals surface area contributed by atoms with Crippen LogP contribution in [-0.4, -0.2) is 12.6 Å². The van der Waals surface area contributed by atoms with Gasteiger partial charge in [-0.05, 0) is 42.8 Å². The van der Waals surface area contributed by atoms with Gasteiger partial charge in [0.1, 0.15) is 0 Å². The molecule has 0 saturated heterocycles. The molecule has 3 N–H and O–H groups in total. The van der Waals surface area contributed by atoms with Crippen LogP contribution in [0, 0.1) is 0 Å². The lowest BCUT2D eigenvalue weighted by Gasteiger charge is -2.11. The van der Waals surface area contributed by atoms with E-state index >= 15 is 0 Å². The van der Waals surface area contributed by atoms with Gasteiger partial charge in [-0.2, -0.15) is 0 Å². The predicted octanol–water partition coefficient (Wildman–Crippen LogP) is 3.82. The van der Waals surface area contributed by atoms with Gasteiger partial charge in [-0.1, -0.05) is 28.1 Å². The molecule has 0 aliphatic rings. The molecule has 0 radical (unpaired) electrons. The highest BCUT2D eigenvalue weighted by molar-refractivity contribution is 9.10. The fourth-order valence-electron chi connectivity index (χ4n) is 1.86. The van der Waals surface area contributed by atoms with Crippen LogP contribution in [0.2, 0.25) is 0 Å². The predicted molar refractivity (Wildman–Crippen MR) is 88.3 cm³/mol. The topological polar surface area (TPSA) is 64.3 Å². The van der Waals surface area contributed by atoms with Crippen LogP contribution < -0.4 is 11.1 Å². The minimum atomic E-state index is -0.358. The highest BCUT2D eigenvalue weighted by Gasteiger charge is 2.08. The number of rotatable bonds is 5. The molecule has 2 aromatic carbocycles. The Morgan fingerprint density at radius 1 is 1.24 bits per heavy atom. The van der Waals surface area contributed by atoms with Gasteiger partial charge in [0, 0.05) is 11.0 Å². The first-order chi connectivity index (χ1) is 10.1. The van der Waals surface area contributed by atoms with Crippen molar-refractivity contribution in [3.05, 3.63) is 58.1 Å². The Bertz CT molecular complexity index is 627. The number of carbonyl (C=O) groups is 1. The molecule has 110 valence electrons. The monoisotopic (exact) mass is 348 g/mol. The summed E-state index contributed by atoms with van der Waals surface area (Å²) in [7, 11) is 0. The second kappa shape index (κ2) is 7.13. The van der Waals surface area contributed by atoms with Crippen molar-refractivity contribution in [1.29, 1.82) is 0 Å². The molecule has 0 atom stereocenters. The van der Waals surface area contributed by atoms with Gasteiger partial charge in [0.15, 0.2) is 0 Å². The average molecular weight is 349 g/mol. The van der Waals surface area contributed by atoms with Crippen LogP contribution >= 0.6 is 15.9 Å². The van der Waals surface area contributed by atoms with Crippen LogP contribution in [0.25, 0.3) is 0 Å². The number of carbonyl (C=O) groups excluding carboxylic acids is 1. The Kier molecular flexibility index (Phi) is 5.22. The largest absolute Gasteiger partial charge is 0.462 e. The summed E-state index contributed by atoms with van der Waals surface area (Å²) < 4.78 is 5.99. The van der Waals surface area contributed by atoms with Gasteiger partial charge >= 0.3 is 5.97 Å². The van der Waals surface area contributed by atoms with Crippen LogP contribution in [0.15, 0.2) is 46.9 Å². The second-order valence-corrected chi connectivity index (χ2v) is 5.42. The number of halogens is 1. The molecule has 0 heterocycles. The summed E-state index contributed by atoms with van der Waals surface area (Å²) in [6, 6.07) is 13.2. The lowest BCUT2D eigenvalue weighted by atomic mass is 10.1. The van der Waals surface area contributed by atoms with E-state index in [0.717, 1.165) is 15.7 Å². The van der Waals surface area contributed by atoms with Gasteiger partial charge in [0.2, 0.25) is 0 Å². The average Bonchev–Trinajstić information content (AvgIpc) is 2.48. The third-order valence-corrected chi connectivity index (χ3v) is 3.49. The van der Waals surface area contributed by atoms with Crippen molar-refractivity contribution < 1.29 is 9.53 Å². The molecule has 0 aliphatic carbocycles. The third-order valence-electron chi connectivity index (χ3n) is 2.96. The molecule has 2 aromatic rings. The van der Waals surface area contributed by atoms with Gasteiger partial charge in [-0.3, -0.25) is 0 Å². The molecule has 0 fully saturated rings. The van der Waals surface area contributed by atoms with Gasteiger partial charge in [-0.15, -0.1) is 0 Å². The van der Waals surface area contributed by atoms with E-state index in [1.165, 1.54) is 0 Å². The van der Waals surface area contributed by atoms with E-state index in [2.05, 4.69) is 21.2 Å². The number of esters is 1. The van der Waals surface area contributed by atoms with E-state index in [1.54, 1.807) is 25.1 Å². The maximum absolute atomic E-state index is 11.6. The number of hydrogen-bond acceptors (Lipinski definition) is 4. The highest BCUT2D eigenvalue weighted by atomic mass is 79.9. The van der Waals surface area contributed by atoms with Crippen molar-refractivity contribution in [1.82, 2.24) is 0 Å². The van der Waals surface area contributed by atoms with E-state index in [-0.39, 0.29) is 5.97 Å². The summed E-state index contributed by atoms with van der Waals surface area (Å²) in [6.07, 6.45) is 0. The zero-order valence-electron chi connectivity index (χ0n) is 11.7. The Hall–Kier alpha value is -2.01. The number of hydrogen-bond donors (Lipinski definition) is 2. The standard InChI is InChI=1S/C16H17BrN2O2/c1-2-21-16(20)12-5-8-15(14(18)9-12)19-10-11-3-6-13(17)7-4-11/h3-9,19H,2,10,18H2,1H3. The van der Waals surface area contributed by atoms with Gasteiger partial charge in [0.05, 0.1) is 23.5 Å². The number of ether oxygens (including phenoxy) is 1. The minimum absolute atomic E-state index is 0.350.